The van der Waals surface area contributed by atoms with Crippen molar-refractivity contribution in [1.29, 1.82) is 0 Å². The van der Waals surface area contributed by atoms with E-state index in [1.807, 2.05) is 0 Å². The second kappa shape index (κ2) is 9.36. The van der Waals surface area contributed by atoms with Crippen molar-refractivity contribution in [2.45, 2.75) is 0 Å². The maximum Gasteiger partial charge on any atom is 2.00 e. The molecule has 0 spiro atoms. The van der Waals surface area contributed by atoms with Crippen LogP contribution in [0.5, 0.6) is 0 Å². The Kier molecular flexibility index (Phi) is 24.6. The fourth-order valence-electron chi connectivity index (χ4n) is 0. The molecule has 0 saturated heterocycles. The summed E-state index contributed by atoms with van der Waals surface area (Å²) in [6, 6.07) is 0. The minimum Gasteiger partial charge on any atom is -1.00 e. The van der Waals surface area contributed by atoms with Crippen LogP contribution in [-0.2, 0) is 4.46 Å². The molecule has 0 N–H and O–H groups in total. The van der Waals surface area contributed by atoms with E-state index in [4.69, 9.17) is 14.1 Å². The van der Waals surface area contributed by atoms with Crippen molar-refractivity contribution in [1.82, 2.24) is 0 Å². The summed E-state index contributed by atoms with van der Waals surface area (Å²) in [7, 11) is -3.63. The Balaban J connectivity index is -0.0000000150. The van der Waals surface area contributed by atoms with Crippen LogP contribution in [0.1, 0.15) is 1.43 Å². The summed E-state index contributed by atoms with van der Waals surface area (Å²) in [5.74, 6) is 0. The molecule has 0 radical (unpaired) electrons. The maximum absolute atomic E-state index is 8.52. The molecule has 0 bridgehead atoms. The zero-order chi connectivity index (χ0) is 3.58. The fourth-order valence-corrected chi connectivity index (χ4v) is 0. The van der Waals surface area contributed by atoms with Gasteiger partial charge in [0.2, 0.25) is 0 Å². The monoisotopic (exact) mass is 108 g/mol. The van der Waals surface area contributed by atoms with E-state index in [1.54, 1.807) is 0 Å². The second-order valence-electron chi connectivity index (χ2n) is 0.250. The third kappa shape index (κ3) is 82.1. The molecule has 0 aliphatic heterocycles. The first-order chi connectivity index (χ1) is 1.73. The molecular formula is HLiMgO3Si. The van der Waals surface area contributed by atoms with E-state index in [2.05, 4.69) is 0 Å². The van der Waals surface area contributed by atoms with Crippen molar-refractivity contribution in [3.05, 3.63) is 0 Å². The van der Waals surface area contributed by atoms with E-state index in [0.29, 0.717) is 0 Å². The summed E-state index contributed by atoms with van der Waals surface area (Å²) in [4.78, 5) is 17.0. The second-order valence-corrected chi connectivity index (χ2v) is 0.750. The van der Waals surface area contributed by atoms with Gasteiger partial charge in [0.1, 0.15) is 0 Å². The molecule has 0 fully saturated rings. The van der Waals surface area contributed by atoms with Gasteiger partial charge < -0.3 is 15.5 Å². The van der Waals surface area contributed by atoms with E-state index in [1.165, 1.54) is 0 Å². The Labute approximate surface area is 66.5 Å². The normalized spacial score (nSPS) is 4.00. The smallest absolute Gasteiger partial charge is 1.00 e. The predicted molar refractivity (Wildman–Crippen MR) is 13.3 cm³/mol. The van der Waals surface area contributed by atoms with Gasteiger partial charge in [-0.1, -0.05) is 0 Å². The van der Waals surface area contributed by atoms with Gasteiger partial charge in [-0.05, 0) is 0 Å². The van der Waals surface area contributed by atoms with E-state index in [9.17, 15) is 0 Å². The molecule has 26 valence electrons. The van der Waals surface area contributed by atoms with Crippen LogP contribution in [0.25, 0.3) is 0 Å². The Morgan fingerprint density at radius 2 is 1.50 bits per heavy atom. The first-order valence-electron chi connectivity index (χ1n) is 0.612. The van der Waals surface area contributed by atoms with Crippen LogP contribution < -0.4 is 28.5 Å². The van der Waals surface area contributed by atoms with E-state index in [-0.39, 0.29) is 43.3 Å². The maximum atomic E-state index is 8.52. The van der Waals surface area contributed by atoms with Crippen LogP contribution in [0.15, 0.2) is 0 Å². The van der Waals surface area contributed by atoms with Crippen molar-refractivity contribution >= 4 is 32.2 Å². The molecule has 6 heavy (non-hydrogen) atoms. The molecular weight excluding hydrogens is 107 g/mol. The average Bonchev–Trinajstić information content (AvgIpc) is 0.811. The molecule has 0 aromatic rings. The Morgan fingerprint density at radius 1 is 1.50 bits per heavy atom. The molecule has 6 heteroatoms. The molecule has 0 amide bonds. The third-order valence-electron chi connectivity index (χ3n) is 0. The molecule has 0 atom stereocenters. The quantitative estimate of drug-likeness (QED) is 0.290. The number of hydrogen-bond acceptors (Lipinski definition) is 3. The Bertz CT molecular complexity index is 37.9. The number of rotatable bonds is 0. The van der Waals surface area contributed by atoms with Gasteiger partial charge >= 0.3 is 41.9 Å². The van der Waals surface area contributed by atoms with Crippen LogP contribution in [0.2, 0.25) is 0 Å². The summed E-state index contributed by atoms with van der Waals surface area (Å²) in [6.07, 6.45) is 0. The largest absolute Gasteiger partial charge is 2.00 e. The predicted octanol–water partition coefficient (Wildman–Crippen LogP) is -6.14. The third-order valence-corrected chi connectivity index (χ3v) is 0. The number of hydrogen-bond donors (Lipinski definition) is 0. The first kappa shape index (κ1) is 15.8. The zero-order valence-corrected chi connectivity index (χ0v) is 5.85. The molecule has 0 heterocycles. The van der Waals surface area contributed by atoms with Gasteiger partial charge in [0.25, 0.3) is 0 Å². The van der Waals surface area contributed by atoms with Crippen molar-refractivity contribution in [2.75, 3.05) is 0 Å². The van der Waals surface area contributed by atoms with Gasteiger partial charge in [-0.2, -0.15) is 0 Å². The molecule has 0 aromatic carbocycles. The molecule has 0 aromatic heterocycles. The van der Waals surface area contributed by atoms with E-state index < -0.39 is 9.17 Å². The van der Waals surface area contributed by atoms with Crippen molar-refractivity contribution in [2.24, 2.45) is 0 Å². The van der Waals surface area contributed by atoms with Crippen LogP contribution in [0, 0.1) is 0 Å². The Morgan fingerprint density at radius 3 is 1.50 bits per heavy atom. The first-order valence-corrected chi connectivity index (χ1v) is 1.84. The van der Waals surface area contributed by atoms with Gasteiger partial charge in [0.15, 0.2) is 0 Å². The summed E-state index contributed by atoms with van der Waals surface area (Å²) < 4.78 is 8.52. The summed E-state index contributed by atoms with van der Waals surface area (Å²) >= 11 is 0. The zero-order valence-electron chi connectivity index (χ0n) is 4.43. The summed E-state index contributed by atoms with van der Waals surface area (Å²) in [5, 5.41) is 0. The van der Waals surface area contributed by atoms with Crippen LogP contribution in [0.4, 0.5) is 0 Å². The van der Waals surface area contributed by atoms with Crippen molar-refractivity contribution < 1.29 is 34.3 Å². The van der Waals surface area contributed by atoms with Crippen LogP contribution >= 0.6 is 0 Å². The van der Waals surface area contributed by atoms with Gasteiger partial charge in [0.05, 0.1) is 0 Å². The standard InChI is InChI=1S/Li.Mg.O3Si.H/c;;1-4(2)3;/q+1;+2;-2;-1. The summed E-state index contributed by atoms with van der Waals surface area (Å²) in [6.45, 7) is 0. The minimum atomic E-state index is -3.63. The minimum absolute atomic E-state index is 0. The molecule has 0 unspecified atom stereocenters. The van der Waals surface area contributed by atoms with Crippen LogP contribution in [0.3, 0.4) is 0 Å². The van der Waals surface area contributed by atoms with Gasteiger partial charge in [-0.15, -0.1) is 0 Å². The molecule has 3 nitrogen and oxygen atoms in total. The fraction of sp³-hybridized carbons (Fsp3) is 0. The SMILES string of the molecule is O=[Si]([O-])[O-].[H-].[Li+].[Mg+2]. The van der Waals surface area contributed by atoms with E-state index >= 15 is 0 Å². The van der Waals surface area contributed by atoms with E-state index in [0.717, 1.165) is 0 Å². The van der Waals surface area contributed by atoms with Gasteiger partial charge in [-0.3, -0.25) is 0 Å². The topological polar surface area (TPSA) is 63.2 Å². The molecule has 0 aliphatic carbocycles. The van der Waals surface area contributed by atoms with Crippen molar-refractivity contribution in [3.8, 4) is 0 Å². The van der Waals surface area contributed by atoms with Gasteiger partial charge in [-0.25, -0.2) is 0 Å². The summed E-state index contributed by atoms with van der Waals surface area (Å²) in [5.41, 5.74) is 0. The Hall–Kier alpha value is 0.981. The van der Waals surface area contributed by atoms with Crippen molar-refractivity contribution in [3.63, 3.8) is 0 Å². The molecule has 0 aliphatic rings. The van der Waals surface area contributed by atoms with Crippen LogP contribution in [-0.4, -0.2) is 32.2 Å². The molecule has 0 rings (SSSR count). The molecule has 0 saturated carbocycles. The van der Waals surface area contributed by atoms with Gasteiger partial charge in [0, 0.05) is 9.17 Å². The average molecular weight is 108 g/mol.